The fourth-order valence-corrected chi connectivity index (χ4v) is 3.77. The molecular weight excluding hydrogens is 396 g/mol. The van der Waals surface area contributed by atoms with E-state index in [1.54, 1.807) is 16.8 Å². The molecule has 0 aliphatic rings. The van der Waals surface area contributed by atoms with Crippen LogP contribution in [0.3, 0.4) is 0 Å². The largest absolute Gasteiger partial charge is 0.288 e. The first-order valence-electron chi connectivity index (χ1n) is 6.84. The van der Waals surface area contributed by atoms with E-state index in [1.807, 2.05) is 43.3 Å². The normalized spacial score (nSPS) is 11.3. The second-order valence-corrected chi connectivity index (χ2v) is 7.66. The van der Waals surface area contributed by atoms with Crippen molar-refractivity contribution in [2.45, 2.75) is 6.92 Å². The van der Waals surface area contributed by atoms with Crippen molar-refractivity contribution in [1.29, 1.82) is 0 Å². The third-order valence-electron chi connectivity index (χ3n) is 3.27. The summed E-state index contributed by atoms with van der Waals surface area (Å²) in [5.41, 5.74) is 2.41. The molecule has 2 heterocycles. The van der Waals surface area contributed by atoms with E-state index >= 15 is 0 Å². The molecule has 3 aromatic rings. The number of aromatic nitrogens is 2. The summed E-state index contributed by atoms with van der Waals surface area (Å²) in [4.78, 5) is 12.8. The van der Waals surface area contributed by atoms with Crippen molar-refractivity contribution < 1.29 is 4.79 Å². The first kappa shape index (κ1) is 16.2. The van der Waals surface area contributed by atoms with Crippen LogP contribution in [-0.2, 0) is 0 Å². The van der Waals surface area contributed by atoms with Crippen LogP contribution >= 0.6 is 38.9 Å². The Morgan fingerprint density at radius 1 is 1.26 bits per heavy atom. The molecule has 0 bridgehead atoms. The fraction of sp³-hybridized carbons (Fsp3) is 0.0588. The predicted molar refractivity (Wildman–Crippen MR) is 98.7 cm³/mol. The molecule has 0 N–H and O–H groups in total. The Balaban J connectivity index is 1.90. The lowest BCUT2D eigenvalue weighted by Gasteiger charge is -2.01. The van der Waals surface area contributed by atoms with Crippen molar-refractivity contribution in [3.05, 3.63) is 73.6 Å². The number of allylic oxidation sites excluding steroid dienone is 1. The zero-order valence-corrected chi connectivity index (χ0v) is 15.3. The molecule has 0 fully saturated rings. The highest BCUT2D eigenvalue weighted by Gasteiger charge is 2.13. The summed E-state index contributed by atoms with van der Waals surface area (Å²) in [6, 6.07) is 13.3. The highest BCUT2D eigenvalue weighted by atomic mass is 79.9. The van der Waals surface area contributed by atoms with Crippen molar-refractivity contribution in [3.63, 3.8) is 0 Å². The van der Waals surface area contributed by atoms with Gasteiger partial charge in [-0.05, 0) is 59.3 Å². The molecule has 3 rings (SSSR count). The van der Waals surface area contributed by atoms with Crippen molar-refractivity contribution in [2.75, 3.05) is 0 Å². The second-order valence-electron chi connectivity index (χ2n) is 4.84. The SMILES string of the molecule is Cc1nn(-c2ccccc2)c(Cl)c1/C=C/C(=O)c1ccc(Br)s1. The number of aryl methyl sites for hydroxylation is 1. The number of carbonyl (C=O) groups is 1. The number of hydrogen-bond acceptors (Lipinski definition) is 3. The predicted octanol–water partition coefficient (Wildman–Crippen LogP) is 5.55. The monoisotopic (exact) mass is 406 g/mol. The second kappa shape index (κ2) is 6.83. The molecule has 2 aromatic heterocycles. The van der Waals surface area contributed by atoms with Gasteiger partial charge in [-0.1, -0.05) is 29.8 Å². The molecule has 0 saturated carbocycles. The van der Waals surface area contributed by atoms with E-state index in [9.17, 15) is 4.79 Å². The number of benzene rings is 1. The fourth-order valence-electron chi connectivity index (χ4n) is 2.13. The number of ketones is 1. The van der Waals surface area contributed by atoms with Gasteiger partial charge in [0.2, 0.25) is 0 Å². The first-order valence-corrected chi connectivity index (χ1v) is 8.83. The third-order valence-corrected chi connectivity index (χ3v) is 5.27. The van der Waals surface area contributed by atoms with Gasteiger partial charge in [-0.15, -0.1) is 11.3 Å². The number of hydrogen-bond donors (Lipinski definition) is 0. The van der Waals surface area contributed by atoms with Crippen LogP contribution in [0.2, 0.25) is 5.15 Å². The summed E-state index contributed by atoms with van der Waals surface area (Å²) < 4.78 is 2.60. The molecule has 0 unspecified atom stereocenters. The lowest BCUT2D eigenvalue weighted by Crippen LogP contribution is -1.95. The topological polar surface area (TPSA) is 34.9 Å². The average Bonchev–Trinajstić information content (AvgIpc) is 3.10. The first-order chi connectivity index (χ1) is 11.1. The van der Waals surface area contributed by atoms with Gasteiger partial charge < -0.3 is 0 Å². The summed E-state index contributed by atoms with van der Waals surface area (Å²) in [5.74, 6) is -0.0522. The number of carbonyl (C=O) groups excluding carboxylic acids is 1. The minimum absolute atomic E-state index is 0.0522. The zero-order valence-electron chi connectivity index (χ0n) is 12.2. The van der Waals surface area contributed by atoms with Gasteiger partial charge in [-0.2, -0.15) is 5.10 Å². The lowest BCUT2D eigenvalue weighted by atomic mass is 10.2. The maximum absolute atomic E-state index is 12.2. The van der Waals surface area contributed by atoms with Gasteiger partial charge in [-0.25, -0.2) is 4.68 Å². The minimum atomic E-state index is -0.0522. The molecule has 0 aliphatic heterocycles. The number of halogens is 2. The van der Waals surface area contributed by atoms with Crippen molar-refractivity contribution in [1.82, 2.24) is 9.78 Å². The smallest absolute Gasteiger partial charge is 0.195 e. The van der Waals surface area contributed by atoms with Gasteiger partial charge in [0.05, 0.1) is 20.0 Å². The summed E-state index contributed by atoms with van der Waals surface area (Å²) >= 11 is 11.2. The Labute approximate surface area is 151 Å². The third kappa shape index (κ3) is 3.47. The number of para-hydroxylation sites is 1. The summed E-state index contributed by atoms with van der Waals surface area (Å²) in [7, 11) is 0. The lowest BCUT2D eigenvalue weighted by molar-refractivity contribution is 0.105. The molecule has 1 aromatic carbocycles. The van der Waals surface area contributed by atoms with Crippen LogP contribution in [0.4, 0.5) is 0 Å². The maximum Gasteiger partial charge on any atom is 0.195 e. The number of thiophene rings is 1. The van der Waals surface area contributed by atoms with Gasteiger partial charge >= 0.3 is 0 Å². The molecule has 3 nitrogen and oxygen atoms in total. The standard InChI is InChI=1S/C17H12BrClN2OS/c1-11-13(7-8-14(22)15-9-10-16(18)23-15)17(19)21(20-11)12-5-3-2-4-6-12/h2-10H,1H3/b8-7+. The molecule has 0 radical (unpaired) electrons. The van der Waals surface area contributed by atoms with Crippen LogP contribution < -0.4 is 0 Å². The van der Waals surface area contributed by atoms with Crippen LogP contribution in [0.15, 0.2) is 52.3 Å². The summed E-state index contributed by atoms with van der Waals surface area (Å²) in [6.45, 7) is 1.87. The van der Waals surface area contributed by atoms with E-state index < -0.39 is 0 Å². The van der Waals surface area contributed by atoms with Crippen LogP contribution in [0.1, 0.15) is 20.9 Å². The van der Waals surface area contributed by atoms with Crippen LogP contribution in [0.25, 0.3) is 11.8 Å². The number of nitrogens with zero attached hydrogens (tertiary/aromatic N) is 2. The van der Waals surface area contributed by atoms with E-state index in [1.165, 1.54) is 17.4 Å². The highest BCUT2D eigenvalue weighted by molar-refractivity contribution is 9.11. The summed E-state index contributed by atoms with van der Waals surface area (Å²) in [5, 5.41) is 4.94. The van der Waals surface area contributed by atoms with E-state index in [4.69, 9.17) is 11.6 Å². The van der Waals surface area contributed by atoms with E-state index in [2.05, 4.69) is 21.0 Å². The average molecular weight is 408 g/mol. The van der Waals surface area contributed by atoms with E-state index in [0.29, 0.717) is 10.0 Å². The van der Waals surface area contributed by atoms with Crippen LogP contribution in [0, 0.1) is 6.92 Å². The molecule has 23 heavy (non-hydrogen) atoms. The molecule has 0 aliphatic carbocycles. The zero-order chi connectivity index (χ0) is 16.4. The van der Waals surface area contributed by atoms with E-state index in [0.717, 1.165) is 20.7 Å². The Morgan fingerprint density at radius 3 is 2.65 bits per heavy atom. The van der Waals surface area contributed by atoms with Gasteiger partial charge in [0.15, 0.2) is 5.78 Å². The van der Waals surface area contributed by atoms with Crippen LogP contribution in [0.5, 0.6) is 0 Å². The molecule has 0 amide bonds. The highest BCUT2D eigenvalue weighted by Crippen LogP contribution is 2.26. The minimum Gasteiger partial charge on any atom is -0.288 e. The number of rotatable bonds is 4. The van der Waals surface area contributed by atoms with Gasteiger partial charge in [0, 0.05) is 5.56 Å². The Bertz CT molecular complexity index is 883. The van der Waals surface area contributed by atoms with E-state index in [-0.39, 0.29) is 5.78 Å². The van der Waals surface area contributed by atoms with Crippen molar-refractivity contribution >= 4 is 50.7 Å². The molecule has 6 heteroatoms. The van der Waals surface area contributed by atoms with Crippen molar-refractivity contribution in [2.24, 2.45) is 0 Å². The van der Waals surface area contributed by atoms with Crippen molar-refractivity contribution in [3.8, 4) is 5.69 Å². The molecule has 116 valence electrons. The quantitative estimate of drug-likeness (QED) is 0.419. The van der Waals surface area contributed by atoms with Gasteiger partial charge in [0.25, 0.3) is 0 Å². The molecular formula is C17H12BrClN2OS. The Morgan fingerprint density at radius 2 is 2.00 bits per heavy atom. The van der Waals surface area contributed by atoms with Gasteiger partial charge in [0.1, 0.15) is 5.15 Å². The molecule has 0 spiro atoms. The molecule has 0 saturated heterocycles. The Kier molecular flexibility index (Phi) is 4.80. The Hall–Kier alpha value is -1.69. The van der Waals surface area contributed by atoms with Crippen LogP contribution in [-0.4, -0.2) is 15.6 Å². The molecule has 0 atom stereocenters. The van der Waals surface area contributed by atoms with Gasteiger partial charge in [-0.3, -0.25) is 4.79 Å². The summed E-state index contributed by atoms with van der Waals surface area (Å²) in [6.07, 6.45) is 3.25. The maximum atomic E-state index is 12.2.